The molecule has 2 aromatic carbocycles. The van der Waals surface area contributed by atoms with Gasteiger partial charge in [-0.1, -0.05) is 36.4 Å². The molecule has 1 atom stereocenters. The predicted octanol–water partition coefficient (Wildman–Crippen LogP) is 1.94. The lowest BCUT2D eigenvalue weighted by molar-refractivity contribution is 0.518. The third-order valence-electron chi connectivity index (χ3n) is 4.81. The van der Waals surface area contributed by atoms with E-state index in [2.05, 4.69) is 69.5 Å². The summed E-state index contributed by atoms with van der Waals surface area (Å²) >= 11 is 0. The first-order chi connectivity index (χ1) is 10.9. The number of benzene rings is 2. The van der Waals surface area contributed by atoms with Gasteiger partial charge in [-0.25, -0.2) is 0 Å². The summed E-state index contributed by atoms with van der Waals surface area (Å²) in [4.78, 5) is 2.32. The van der Waals surface area contributed by atoms with Gasteiger partial charge in [0.1, 0.15) is 6.17 Å². The van der Waals surface area contributed by atoms with Crippen molar-refractivity contribution < 1.29 is 0 Å². The minimum atomic E-state index is 0.269. The lowest BCUT2D eigenvalue weighted by atomic mass is 10.0. The molecule has 1 aliphatic carbocycles. The number of hydrogen-bond donors (Lipinski definition) is 3. The number of hydrogen-bond acceptors (Lipinski definition) is 4. The Morgan fingerprint density at radius 2 is 1.86 bits per heavy atom. The third kappa shape index (κ3) is 1.71. The van der Waals surface area contributed by atoms with Crippen LogP contribution in [0.5, 0.6) is 0 Å². The normalized spacial score (nSPS) is 21.7. The molecule has 0 spiro atoms. The minimum Gasteiger partial charge on any atom is -0.372 e. The number of nitrogens with one attached hydrogen (secondary N) is 3. The Labute approximate surface area is 129 Å². The highest BCUT2D eigenvalue weighted by atomic mass is 15.4. The molecule has 0 saturated carbocycles. The molecule has 1 unspecified atom stereocenters. The second-order valence-corrected chi connectivity index (χ2v) is 6.04. The highest BCUT2D eigenvalue weighted by Gasteiger charge is 2.28. The van der Waals surface area contributed by atoms with Crippen LogP contribution in [0.2, 0.25) is 0 Å². The van der Waals surface area contributed by atoms with E-state index < -0.39 is 0 Å². The van der Waals surface area contributed by atoms with E-state index >= 15 is 0 Å². The zero-order valence-corrected chi connectivity index (χ0v) is 12.3. The van der Waals surface area contributed by atoms with Gasteiger partial charge in [-0.05, 0) is 28.3 Å². The Balaban J connectivity index is 1.59. The monoisotopic (exact) mass is 290 g/mol. The number of rotatable bonds is 1. The predicted molar refractivity (Wildman–Crippen MR) is 88.2 cm³/mol. The van der Waals surface area contributed by atoms with Crippen LogP contribution in [-0.4, -0.2) is 19.5 Å². The van der Waals surface area contributed by atoms with Crippen molar-refractivity contribution >= 4 is 5.69 Å². The molecule has 1 saturated heterocycles. The molecule has 2 aromatic rings. The van der Waals surface area contributed by atoms with Crippen molar-refractivity contribution in [2.75, 3.05) is 18.2 Å². The van der Waals surface area contributed by atoms with Crippen LogP contribution in [0.3, 0.4) is 0 Å². The van der Waals surface area contributed by atoms with Crippen molar-refractivity contribution in [3.8, 4) is 11.1 Å². The van der Waals surface area contributed by atoms with Crippen LogP contribution in [0.15, 0.2) is 54.4 Å². The maximum absolute atomic E-state index is 3.53. The molecule has 3 aliphatic rings. The van der Waals surface area contributed by atoms with Crippen LogP contribution >= 0.6 is 0 Å². The first-order valence-corrected chi connectivity index (χ1v) is 7.79. The van der Waals surface area contributed by atoms with Gasteiger partial charge in [0.25, 0.3) is 0 Å². The molecular weight excluding hydrogens is 272 g/mol. The first-order valence-electron chi connectivity index (χ1n) is 7.79. The average Bonchev–Trinajstić information content (AvgIpc) is 3.18. The number of fused-ring (bicyclic) bond motifs is 4. The Morgan fingerprint density at radius 3 is 2.86 bits per heavy atom. The fourth-order valence-corrected chi connectivity index (χ4v) is 3.74. The molecule has 22 heavy (non-hydrogen) atoms. The lowest BCUT2D eigenvalue weighted by Gasteiger charge is -2.31. The summed E-state index contributed by atoms with van der Waals surface area (Å²) in [6.45, 7) is 1.66. The fraction of sp³-hybridized carbons (Fsp3) is 0.222. The van der Waals surface area contributed by atoms with Crippen molar-refractivity contribution in [3.63, 3.8) is 0 Å². The van der Waals surface area contributed by atoms with E-state index in [1.165, 1.54) is 33.6 Å². The molecule has 2 heterocycles. The van der Waals surface area contributed by atoms with E-state index in [1.54, 1.807) is 0 Å². The summed E-state index contributed by atoms with van der Waals surface area (Å²) in [6.07, 6.45) is 3.53. The van der Waals surface area contributed by atoms with Gasteiger partial charge in [0.15, 0.2) is 0 Å². The van der Waals surface area contributed by atoms with Crippen molar-refractivity contribution in [3.05, 3.63) is 65.5 Å². The van der Waals surface area contributed by atoms with Crippen LogP contribution in [0.25, 0.3) is 11.1 Å². The van der Waals surface area contributed by atoms with E-state index in [9.17, 15) is 0 Å². The minimum absolute atomic E-state index is 0.269. The van der Waals surface area contributed by atoms with Gasteiger partial charge in [-0.15, -0.1) is 0 Å². The standard InChI is InChI=1S/C18H18N4/c1-2-5-13-12(4-1)8-15-14(13)6-3-7-17(15)22-9-16-18(21-11-22)20-10-19-16/h1-7,9,18-21H,8,10-11H2. The Morgan fingerprint density at radius 1 is 0.955 bits per heavy atom. The zero-order chi connectivity index (χ0) is 14.5. The summed E-state index contributed by atoms with van der Waals surface area (Å²) in [5.41, 5.74) is 8.16. The highest BCUT2D eigenvalue weighted by molar-refractivity contribution is 5.82. The molecule has 0 bridgehead atoms. The van der Waals surface area contributed by atoms with Gasteiger partial charge in [0.05, 0.1) is 19.0 Å². The molecule has 4 heteroatoms. The first kappa shape index (κ1) is 12.3. The van der Waals surface area contributed by atoms with Gasteiger partial charge >= 0.3 is 0 Å². The van der Waals surface area contributed by atoms with Crippen LogP contribution in [-0.2, 0) is 6.42 Å². The summed E-state index contributed by atoms with van der Waals surface area (Å²) in [7, 11) is 0. The van der Waals surface area contributed by atoms with Crippen LogP contribution in [0, 0.1) is 0 Å². The molecule has 3 N–H and O–H groups in total. The van der Waals surface area contributed by atoms with Crippen molar-refractivity contribution in [2.24, 2.45) is 0 Å². The molecular formula is C18H18N4. The van der Waals surface area contributed by atoms with Crippen LogP contribution in [0.4, 0.5) is 5.69 Å². The van der Waals surface area contributed by atoms with E-state index in [4.69, 9.17) is 0 Å². The van der Waals surface area contributed by atoms with Crippen molar-refractivity contribution in [1.82, 2.24) is 16.0 Å². The highest BCUT2D eigenvalue weighted by Crippen LogP contribution is 2.41. The average molecular weight is 290 g/mol. The SMILES string of the molecule is C1=C2NCNC2NCN1c1cccc2c1Cc1ccccc1-2. The van der Waals surface area contributed by atoms with E-state index in [-0.39, 0.29) is 6.17 Å². The second-order valence-electron chi connectivity index (χ2n) is 6.04. The van der Waals surface area contributed by atoms with Crippen molar-refractivity contribution in [1.29, 1.82) is 0 Å². The zero-order valence-electron chi connectivity index (χ0n) is 12.3. The van der Waals surface area contributed by atoms with Crippen molar-refractivity contribution in [2.45, 2.75) is 12.6 Å². The Hall–Kier alpha value is -2.30. The van der Waals surface area contributed by atoms with Gasteiger partial charge in [0, 0.05) is 18.3 Å². The van der Waals surface area contributed by atoms with E-state index in [1.807, 2.05) is 0 Å². The van der Waals surface area contributed by atoms with Crippen LogP contribution in [0.1, 0.15) is 11.1 Å². The maximum atomic E-state index is 3.53. The smallest absolute Gasteiger partial charge is 0.103 e. The number of nitrogens with zero attached hydrogens (tertiary/aromatic N) is 1. The topological polar surface area (TPSA) is 39.3 Å². The van der Waals surface area contributed by atoms with Gasteiger partial charge in [0.2, 0.25) is 0 Å². The molecule has 0 radical (unpaired) electrons. The summed E-state index contributed by atoms with van der Waals surface area (Å²) in [5.74, 6) is 0. The maximum Gasteiger partial charge on any atom is 0.103 e. The van der Waals surface area contributed by atoms with E-state index in [0.717, 1.165) is 19.8 Å². The summed E-state index contributed by atoms with van der Waals surface area (Å²) in [5, 5.41) is 10.3. The van der Waals surface area contributed by atoms with E-state index in [0.29, 0.717) is 0 Å². The largest absolute Gasteiger partial charge is 0.372 e. The third-order valence-corrected chi connectivity index (χ3v) is 4.81. The molecule has 0 aromatic heterocycles. The quantitative estimate of drug-likeness (QED) is 0.640. The molecule has 2 aliphatic heterocycles. The second kappa shape index (κ2) is 4.60. The molecule has 0 amide bonds. The van der Waals surface area contributed by atoms with Gasteiger partial charge in [-0.3, -0.25) is 10.6 Å². The summed E-state index contributed by atoms with van der Waals surface area (Å²) in [6, 6.07) is 15.4. The lowest BCUT2D eigenvalue weighted by Crippen LogP contribution is -2.48. The molecule has 4 nitrogen and oxygen atoms in total. The Bertz CT molecular complexity index is 780. The van der Waals surface area contributed by atoms with Gasteiger partial charge < -0.3 is 10.2 Å². The summed E-state index contributed by atoms with van der Waals surface area (Å²) < 4.78 is 0. The fourth-order valence-electron chi connectivity index (χ4n) is 3.74. The van der Waals surface area contributed by atoms with Crippen LogP contribution < -0.4 is 20.9 Å². The Kier molecular flexibility index (Phi) is 2.56. The molecule has 1 fully saturated rings. The molecule has 5 rings (SSSR count). The molecule has 110 valence electrons. The number of anilines is 1. The van der Waals surface area contributed by atoms with Gasteiger partial charge in [-0.2, -0.15) is 0 Å².